The van der Waals surface area contributed by atoms with Crippen LogP contribution in [0.5, 0.6) is 11.5 Å². The molecule has 0 unspecified atom stereocenters. The van der Waals surface area contributed by atoms with Gasteiger partial charge in [0.25, 0.3) is 5.91 Å². The van der Waals surface area contributed by atoms with Crippen LogP contribution in [0.1, 0.15) is 36.0 Å². The number of rotatable bonds is 5. The number of ether oxygens (including phenoxy) is 2. The van der Waals surface area contributed by atoms with Crippen molar-refractivity contribution in [3.63, 3.8) is 0 Å². The highest BCUT2D eigenvalue weighted by Gasteiger charge is 2.30. The van der Waals surface area contributed by atoms with Crippen LogP contribution in [-0.2, 0) is 4.79 Å². The van der Waals surface area contributed by atoms with E-state index in [2.05, 4.69) is 0 Å². The molecule has 2 amide bonds. The van der Waals surface area contributed by atoms with Gasteiger partial charge in [0.2, 0.25) is 5.91 Å². The maximum absolute atomic E-state index is 12.8. The molecule has 2 N–H and O–H groups in total. The van der Waals surface area contributed by atoms with Crippen LogP contribution in [0.4, 0.5) is 0 Å². The summed E-state index contributed by atoms with van der Waals surface area (Å²) in [5, 5.41) is 0. The molecule has 2 fully saturated rings. The number of nitrogens with two attached hydrogens (primary N) is 1. The Bertz CT molecular complexity index is 664. The molecule has 1 heterocycles. The lowest BCUT2D eigenvalue weighted by molar-refractivity contribution is -0.133. The van der Waals surface area contributed by atoms with Gasteiger partial charge in [0, 0.05) is 50.3 Å². The Balaban J connectivity index is 1.57. The Morgan fingerprint density at radius 1 is 1.00 bits per heavy atom. The third kappa shape index (κ3) is 4.53. The van der Waals surface area contributed by atoms with E-state index in [1.54, 1.807) is 37.3 Å². The summed E-state index contributed by atoms with van der Waals surface area (Å²) in [6, 6.07) is 5.31. The summed E-state index contributed by atoms with van der Waals surface area (Å²) in [7, 11) is 3.12. The van der Waals surface area contributed by atoms with Gasteiger partial charge in [0.15, 0.2) is 0 Å². The second kappa shape index (κ2) is 8.61. The van der Waals surface area contributed by atoms with Crippen molar-refractivity contribution in [1.82, 2.24) is 9.80 Å². The van der Waals surface area contributed by atoms with E-state index in [0.717, 1.165) is 19.3 Å². The maximum Gasteiger partial charge on any atom is 0.254 e. The van der Waals surface area contributed by atoms with Crippen molar-refractivity contribution in [2.45, 2.75) is 31.7 Å². The highest BCUT2D eigenvalue weighted by molar-refractivity contribution is 5.95. The lowest BCUT2D eigenvalue weighted by atomic mass is 9.99. The minimum Gasteiger partial charge on any atom is -0.497 e. The van der Waals surface area contributed by atoms with Crippen molar-refractivity contribution < 1.29 is 19.1 Å². The van der Waals surface area contributed by atoms with Crippen molar-refractivity contribution >= 4 is 11.8 Å². The van der Waals surface area contributed by atoms with Gasteiger partial charge in [-0.05, 0) is 30.9 Å². The predicted octanol–water partition coefficient (Wildman–Crippen LogP) is 1.51. The van der Waals surface area contributed by atoms with E-state index >= 15 is 0 Å². The van der Waals surface area contributed by atoms with Gasteiger partial charge in [-0.1, -0.05) is 6.42 Å². The molecule has 7 nitrogen and oxygen atoms in total. The van der Waals surface area contributed by atoms with Gasteiger partial charge < -0.3 is 25.0 Å². The highest BCUT2D eigenvalue weighted by Crippen LogP contribution is 2.28. The Hall–Kier alpha value is -2.28. The molecule has 1 saturated heterocycles. The molecule has 0 spiro atoms. The van der Waals surface area contributed by atoms with E-state index in [1.807, 2.05) is 4.90 Å². The first-order valence-electron chi connectivity index (χ1n) is 9.57. The number of amides is 2. The molecule has 0 radical (unpaired) electrons. The summed E-state index contributed by atoms with van der Waals surface area (Å²) in [5.74, 6) is 1.56. The van der Waals surface area contributed by atoms with Gasteiger partial charge in [-0.25, -0.2) is 0 Å². The Morgan fingerprint density at radius 3 is 2.11 bits per heavy atom. The Morgan fingerprint density at radius 2 is 1.59 bits per heavy atom. The number of methoxy groups -OCH3 is 2. The lowest BCUT2D eigenvalue weighted by Gasteiger charge is -2.35. The summed E-state index contributed by atoms with van der Waals surface area (Å²) >= 11 is 0. The fraction of sp³-hybridized carbons (Fsp3) is 0.600. The average Bonchev–Trinajstić information content (AvgIpc) is 3.11. The minimum atomic E-state index is -0.0721. The Labute approximate surface area is 160 Å². The van der Waals surface area contributed by atoms with Crippen LogP contribution in [0.3, 0.4) is 0 Å². The molecule has 1 aromatic carbocycles. The largest absolute Gasteiger partial charge is 0.497 e. The first-order valence-corrected chi connectivity index (χ1v) is 9.57. The van der Waals surface area contributed by atoms with E-state index < -0.39 is 0 Å². The molecule has 2 aliphatic rings. The molecule has 1 aliphatic carbocycles. The van der Waals surface area contributed by atoms with E-state index in [9.17, 15) is 9.59 Å². The van der Waals surface area contributed by atoms with Crippen LogP contribution in [0.2, 0.25) is 0 Å². The smallest absolute Gasteiger partial charge is 0.254 e. The zero-order valence-electron chi connectivity index (χ0n) is 16.1. The number of nitrogens with zero attached hydrogens (tertiary/aromatic N) is 2. The fourth-order valence-corrected chi connectivity index (χ4v) is 3.94. The van der Waals surface area contributed by atoms with Crippen molar-refractivity contribution in [1.29, 1.82) is 0 Å². The SMILES string of the molecule is COc1cc(OC)cc(C(=O)N2CCN(C(=O)C[C@@H]3CCC[C@H]3N)CC2)c1. The van der Waals surface area contributed by atoms with Gasteiger partial charge in [-0.15, -0.1) is 0 Å². The molecular formula is C20H29N3O4. The van der Waals surface area contributed by atoms with Crippen LogP contribution in [0.15, 0.2) is 18.2 Å². The molecule has 2 atom stereocenters. The van der Waals surface area contributed by atoms with Crippen LogP contribution >= 0.6 is 0 Å². The molecular weight excluding hydrogens is 346 g/mol. The molecule has 0 bridgehead atoms. The molecule has 7 heteroatoms. The van der Waals surface area contributed by atoms with Gasteiger partial charge in [0.05, 0.1) is 14.2 Å². The zero-order chi connectivity index (χ0) is 19.4. The van der Waals surface area contributed by atoms with Crippen LogP contribution < -0.4 is 15.2 Å². The number of hydrogen-bond donors (Lipinski definition) is 1. The number of piperazine rings is 1. The number of benzene rings is 1. The summed E-state index contributed by atoms with van der Waals surface area (Å²) < 4.78 is 10.5. The number of hydrogen-bond acceptors (Lipinski definition) is 5. The third-order valence-corrected chi connectivity index (χ3v) is 5.67. The standard InChI is InChI=1S/C20H29N3O4/c1-26-16-10-15(11-17(13-16)27-2)20(25)23-8-6-22(7-9-23)19(24)12-14-4-3-5-18(14)21/h10-11,13-14,18H,3-9,12,21H2,1-2H3/t14-,18+/m0/s1. The number of carbonyl (C=O) groups is 2. The normalized spacial score (nSPS) is 22.6. The Kier molecular flexibility index (Phi) is 6.21. The molecule has 148 valence electrons. The highest BCUT2D eigenvalue weighted by atomic mass is 16.5. The van der Waals surface area contributed by atoms with Crippen molar-refractivity contribution in [2.75, 3.05) is 40.4 Å². The van der Waals surface area contributed by atoms with Crippen LogP contribution in [0, 0.1) is 5.92 Å². The summed E-state index contributed by atoms with van der Waals surface area (Å²) in [6.45, 7) is 2.18. The predicted molar refractivity (Wildman–Crippen MR) is 102 cm³/mol. The third-order valence-electron chi connectivity index (χ3n) is 5.67. The molecule has 1 aromatic rings. The van der Waals surface area contributed by atoms with Gasteiger partial charge in [-0.2, -0.15) is 0 Å². The van der Waals surface area contributed by atoms with E-state index in [0.29, 0.717) is 55.6 Å². The summed E-state index contributed by atoms with van der Waals surface area (Å²) in [5.41, 5.74) is 6.62. The second-order valence-corrected chi connectivity index (χ2v) is 7.33. The van der Waals surface area contributed by atoms with Crippen LogP contribution in [0.25, 0.3) is 0 Å². The fourth-order valence-electron chi connectivity index (χ4n) is 3.94. The molecule has 1 saturated carbocycles. The topological polar surface area (TPSA) is 85.1 Å². The zero-order valence-corrected chi connectivity index (χ0v) is 16.1. The van der Waals surface area contributed by atoms with E-state index in [4.69, 9.17) is 15.2 Å². The van der Waals surface area contributed by atoms with Gasteiger partial charge >= 0.3 is 0 Å². The first kappa shape index (κ1) is 19.5. The van der Waals surface area contributed by atoms with Gasteiger partial charge in [0.1, 0.15) is 11.5 Å². The first-order chi connectivity index (χ1) is 13.0. The second-order valence-electron chi connectivity index (χ2n) is 7.33. The number of carbonyl (C=O) groups excluding carboxylic acids is 2. The monoisotopic (exact) mass is 375 g/mol. The van der Waals surface area contributed by atoms with E-state index in [-0.39, 0.29) is 17.9 Å². The molecule has 0 aromatic heterocycles. The summed E-state index contributed by atoms with van der Waals surface area (Å²) in [4.78, 5) is 29.0. The van der Waals surface area contributed by atoms with E-state index in [1.165, 1.54) is 0 Å². The lowest BCUT2D eigenvalue weighted by Crippen LogP contribution is -2.51. The quantitative estimate of drug-likeness (QED) is 0.843. The van der Waals surface area contributed by atoms with Gasteiger partial charge in [-0.3, -0.25) is 9.59 Å². The minimum absolute atomic E-state index is 0.0721. The van der Waals surface area contributed by atoms with Crippen molar-refractivity contribution in [3.8, 4) is 11.5 Å². The average molecular weight is 375 g/mol. The molecule has 1 aliphatic heterocycles. The molecule has 27 heavy (non-hydrogen) atoms. The van der Waals surface area contributed by atoms with Crippen molar-refractivity contribution in [2.24, 2.45) is 11.7 Å². The maximum atomic E-state index is 12.8. The molecule has 3 rings (SSSR count). The van der Waals surface area contributed by atoms with Crippen molar-refractivity contribution in [3.05, 3.63) is 23.8 Å². The van der Waals surface area contributed by atoms with Crippen LogP contribution in [-0.4, -0.2) is 68.1 Å². The summed E-state index contributed by atoms with van der Waals surface area (Å²) in [6.07, 6.45) is 3.71.